The van der Waals surface area contributed by atoms with Crippen LogP contribution in [0, 0.1) is 107 Å². The molecular formula is C60H100N4. The Morgan fingerprint density at radius 2 is 0.469 bits per heavy atom. The maximum atomic E-state index is 4.19. The van der Waals surface area contributed by atoms with Crippen molar-refractivity contribution in [2.24, 2.45) is 107 Å². The molecule has 4 heteroatoms. The Bertz CT molecular complexity index is 1330. The molecule has 360 valence electrons. The normalized spacial score (nSPS) is 53.8. The predicted molar refractivity (Wildman–Crippen MR) is 264 cm³/mol. The highest BCUT2D eigenvalue weighted by Crippen LogP contribution is 2.66. The average Bonchev–Trinajstić information content (AvgIpc) is 4.01. The fraction of sp³-hybridized carbons (Fsp3) is 1.00. The molecule has 64 heavy (non-hydrogen) atoms. The lowest BCUT2D eigenvalue weighted by Crippen LogP contribution is -2.55. The van der Waals surface area contributed by atoms with Crippen LogP contribution in [0.2, 0.25) is 0 Å². The molecule has 0 aromatic rings. The molecule has 4 saturated heterocycles. The van der Waals surface area contributed by atoms with Gasteiger partial charge in [0.1, 0.15) is 0 Å². The fourth-order valence-corrected chi connectivity index (χ4v) is 22.9. The van der Waals surface area contributed by atoms with E-state index in [1.54, 1.807) is 180 Å². The van der Waals surface area contributed by atoms with Gasteiger partial charge in [-0.2, -0.15) is 0 Å². The molecule has 0 radical (unpaired) electrons. The first-order valence-corrected chi connectivity index (χ1v) is 30.7. The van der Waals surface area contributed by atoms with E-state index < -0.39 is 0 Å². The molecule has 0 aromatic carbocycles. The Morgan fingerprint density at radius 3 is 0.719 bits per heavy atom. The van der Waals surface area contributed by atoms with Crippen molar-refractivity contribution in [3.05, 3.63) is 0 Å². The van der Waals surface area contributed by atoms with E-state index in [4.69, 9.17) is 0 Å². The summed E-state index contributed by atoms with van der Waals surface area (Å²) < 4.78 is 0. The summed E-state index contributed by atoms with van der Waals surface area (Å²) in [6.07, 6.45) is 54.7. The molecule has 9 saturated carbocycles. The number of hydrogen-bond donors (Lipinski definition) is 2. The molecule has 12 atom stereocenters. The second kappa shape index (κ2) is 19.2. The standard InChI is InChI=1S/C60H100N4/c1-5-17-49-45(13-1)57(41-27-23-39(24-28-41)53-37-63-35-11-9-21-55(63)61-53)46-14-2-6-18-50(46)59(49)43-31-33-44(34-32-43)60-51-19-7-3-15-47(51)58(48-16-4-8-20-52(48)60)42-29-25-40(26-30-42)54-38-64-36-12-10-22-56(64)62-54/h39-62H,1-38H2. The summed E-state index contributed by atoms with van der Waals surface area (Å²) in [5.41, 5.74) is 0. The van der Waals surface area contributed by atoms with Crippen LogP contribution in [0.15, 0.2) is 0 Å². The van der Waals surface area contributed by atoms with Crippen molar-refractivity contribution in [2.45, 2.75) is 243 Å². The molecule has 0 aromatic heterocycles. The minimum absolute atomic E-state index is 0.721. The van der Waals surface area contributed by atoms with E-state index in [-0.39, 0.29) is 0 Å². The third-order valence-corrected chi connectivity index (χ3v) is 25.1. The minimum Gasteiger partial charge on any atom is -0.297 e. The maximum absolute atomic E-state index is 4.19. The fourth-order valence-electron chi connectivity index (χ4n) is 22.9. The van der Waals surface area contributed by atoms with Gasteiger partial charge in [0.05, 0.1) is 12.3 Å². The van der Waals surface area contributed by atoms with Gasteiger partial charge in [-0.3, -0.25) is 20.4 Å². The van der Waals surface area contributed by atoms with Gasteiger partial charge in [0.15, 0.2) is 0 Å². The van der Waals surface area contributed by atoms with Crippen LogP contribution in [0.5, 0.6) is 0 Å². The van der Waals surface area contributed by atoms with Crippen molar-refractivity contribution in [3.8, 4) is 0 Å². The van der Waals surface area contributed by atoms with E-state index >= 15 is 0 Å². The van der Waals surface area contributed by atoms with Gasteiger partial charge in [-0.25, -0.2) is 0 Å². The Morgan fingerprint density at radius 1 is 0.234 bits per heavy atom. The van der Waals surface area contributed by atoms with E-state index in [0.717, 1.165) is 131 Å². The van der Waals surface area contributed by atoms with Crippen LogP contribution in [0.25, 0.3) is 0 Å². The van der Waals surface area contributed by atoms with E-state index in [1.807, 2.05) is 0 Å². The molecule has 12 unspecified atom stereocenters. The number of nitrogens with one attached hydrogen (secondary N) is 2. The van der Waals surface area contributed by atoms with Crippen LogP contribution in [0.4, 0.5) is 0 Å². The van der Waals surface area contributed by atoms with Gasteiger partial charge in [0, 0.05) is 25.2 Å². The second-order valence-corrected chi connectivity index (χ2v) is 27.3. The summed E-state index contributed by atoms with van der Waals surface area (Å²) in [7, 11) is 0. The summed E-state index contributed by atoms with van der Waals surface area (Å²) >= 11 is 0. The molecule has 0 amide bonds. The summed E-state index contributed by atoms with van der Waals surface area (Å²) in [6, 6.07) is 1.60. The third kappa shape index (κ3) is 8.13. The maximum Gasteiger partial charge on any atom is 0.0600 e. The number of fused-ring (bicyclic) bond motifs is 6. The van der Waals surface area contributed by atoms with E-state index in [1.165, 1.54) is 64.7 Å². The van der Waals surface area contributed by atoms with Crippen LogP contribution in [-0.4, -0.2) is 60.4 Å². The van der Waals surface area contributed by atoms with Crippen LogP contribution < -0.4 is 10.6 Å². The van der Waals surface area contributed by atoms with E-state index in [2.05, 4.69) is 20.4 Å². The Kier molecular flexibility index (Phi) is 13.2. The Hall–Kier alpha value is -0.160. The average molecular weight is 877 g/mol. The molecule has 2 N–H and O–H groups in total. The van der Waals surface area contributed by atoms with E-state index in [0.29, 0.717) is 0 Å². The molecule has 9 aliphatic carbocycles. The second-order valence-electron chi connectivity index (χ2n) is 27.3. The first-order chi connectivity index (χ1) is 31.7. The highest BCUT2D eigenvalue weighted by Gasteiger charge is 2.58. The molecule has 4 aliphatic heterocycles. The van der Waals surface area contributed by atoms with Crippen LogP contribution in [-0.2, 0) is 0 Å². The Labute approximate surface area is 394 Å². The third-order valence-electron chi connectivity index (χ3n) is 25.1. The lowest BCUT2D eigenvalue weighted by atomic mass is 9.43. The molecule has 13 fully saturated rings. The summed E-state index contributed by atoms with van der Waals surface area (Å²) in [4.78, 5) is 5.67. The number of rotatable bonds is 6. The summed E-state index contributed by atoms with van der Waals surface area (Å²) in [5.74, 6) is 19.5. The lowest BCUT2D eigenvalue weighted by Gasteiger charge is -2.62. The SMILES string of the molecule is C1CCC2C(C1)C(C1CCC(C3CN4CCCCC4N3)CC1)C1CCCCC1C2C1CCC(C2C3CCCCC3C(C3CCC(C4CN5CCCCC5N4)CC3)C3CCCCC32)CC1. The monoisotopic (exact) mass is 877 g/mol. The predicted octanol–water partition coefficient (Wildman–Crippen LogP) is 13.7. The lowest BCUT2D eigenvalue weighted by molar-refractivity contribution is -0.129. The zero-order valence-electron chi connectivity index (χ0n) is 41.5. The number of hydrogen-bond acceptors (Lipinski definition) is 4. The molecule has 0 bridgehead atoms. The van der Waals surface area contributed by atoms with Crippen LogP contribution in [0.3, 0.4) is 0 Å². The first-order valence-electron chi connectivity index (χ1n) is 30.7. The van der Waals surface area contributed by atoms with Crippen molar-refractivity contribution in [1.29, 1.82) is 0 Å². The van der Waals surface area contributed by atoms with Gasteiger partial charge in [-0.05, 0) is 287 Å². The zero-order valence-corrected chi connectivity index (χ0v) is 41.5. The zero-order chi connectivity index (χ0) is 42.1. The highest BCUT2D eigenvalue weighted by molar-refractivity contribution is 5.08. The number of piperidine rings is 2. The van der Waals surface area contributed by atoms with Crippen LogP contribution in [0.1, 0.15) is 218 Å². The molecule has 13 aliphatic rings. The molecule has 13 rings (SSSR count). The summed E-state index contributed by atoms with van der Waals surface area (Å²) in [6.45, 7) is 5.46. The largest absolute Gasteiger partial charge is 0.297 e. The van der Waals surface area contributed by atoms with Gasteiger partial charge < -0.3 is 0 Å². The first kappa shape index (κ1) is 43.8. The van der Waals surface area contributed by atoms with Gasteiger partial charge in [0.2, 0.25) is 0 Å². The van der Waals surface area contributed by atoms with Crippen molar-refractivity contribution in [3.63, 3.8) is 0 Å². The number of nitrogens with zero attached hydrogens (tertiary/aromatic N) is 2. The van der Waals surface area contributed by atoms with Crippen molar-refractivity contribution in [2.75, 3.05) is 26.2 Å². The minimum atomic E-state index is 0.721. The van der Waals surface area contributed by atoms with E-state index in [9.17, 15) is 0 Å². The topological polar surface area (TPSA) is 30.5 Å². The van der Waals surface area contributed by atoms with Crippen LogP contribution >= 0.6 is 0 Å². The van der Waals surface area contributed by atoms with Gasteiger partial charge >= 0.3 is 0 Å². The van der Waals surface area contributed by atoms with Crippen molar-refractivity contribution < 1.29 is 0 Å². The van der Waals surface area contributed by atoms with Gasteiger partial charge in [-0.15, -0.1) is 0 Å². The smallest absolute Gasteiger partial charge is 0.0600 e. The summed E-state index contributed by atoms with van der Waals surface area (Å²) in [5, 5.41) is 8.39. The van der Waals surface area contributed by atoms with Gasteiger partial charge in [0.25, 0.3) is 0 Å². The molecule has 4 nitrogen and oxygen atoms in total. The molecular weight excluding hydrogens is 777 g/mol. The molecule has 0 spiro atoms. The van der Waals surface area contributed by atoms with Gasteiger partial charge in [-0.1, -0.05) is 51.4 Å². The quantitative estimate of drug-likeness (QED) is 0.278. The van der Waals surface area contributed by atoms with Crippen molar-refractivity contribution >= 4 is 0 Å². The Balaban J connectivity index is 0.677. The van der Waals surface area contributed by atoms with Crippen molar-refractivity contribution in [1.82, 2.24) is 20.4 Å². The highest BCUT2D eigenvalue weighted by atomic mass is 15.4. The molecule has 4 heterocycles.